The van der Waals surface area contributed by atoms with Crippen LogP contribution in [0.4, 0.5) is 0 Å². The first-order valence-corrected chi connectivity index (χ1v) is 11.1. The molecular weight excluding hydrogens is 422 g/mol. The Morgan fingerprint density at radius 1 is 1.42 bits per heavy atom. The van der Waals surface area contributed by atoms with Gasteiger partial charge in [0.05, 0.1) is 11.5 Å². The summed E-state index contributed by atoms with van der Waals surface area (Å²) in [6.45, 7) is 2.80. The molecular formula is C18H22BrNO5S. The molecule has 1 saturated heterocycles. The Bertz CT molecular complexity index is 921. The van der Waals surface area contributed by atoms with E-state index in [4.69, 9.17) is 9.15 Å². The maximum atomic E-state index is 13.2. The quantitative estimate of drug-likeness (QED) is 0.640. The van der Waals surface area contributed by atoms with Crippen LogP contribution in [0.5, 0.6) is 0 Å². The molecule has 1 aliphatic heterocycles. The van der Waals surface area contributed by atoms with Crippen molar-refractivity contribution in [2.24, 2.45) is 0 Å². The van der Waals surface area contributed by atoms with Gasteiger partial charge in [0, 0.05) is 41.7 Å². The molecule has 0 N–H and O–H groups in total. The number of hydrogen-bond donors (Lipinski definition) is 0. The van der Waals surface area contributed by atoms with Crippen molar-refractivity contribution in [3.05, 3.63) is 34.0 Å². The number of carbonyl (C=O) groups is 1. The number of halogens is 1. The Balaban J connectivity index is 1.93. The minimum atomic E-state index is -3.09. The van der Waals surface area contributed by atoms with E-state index in [0.29, 0.717) is 31.6 Å². The van der Waals surface area contributed by atoms with Crippen LogP contribution in [0.15, 0.2) is 27.1 Å². The highest BCUT2D eigenvalue weighted by Gasteiger charge is 2.36. The molecule has 26 heavy (non-hydrogen) atoms. The SMILES string of the molecule is COCCCN(C(=O)c1oc2ccc(Br)cc2c1C)C1CCS(=O)(=O)C1. The number of furan rings is 1. The molecule has 1 amide bonds. The molecule has 0 bridgehead atoms. The van der Waals surface area contributed by atoms with Crippen LogP contribution in [-0.4, -0.2) is 57.0 Å². The van der Waals surface area contributed by atoms with E-state index in [9.17, 15) is 13.2 Å². The summed E-state index contributed by atoms with van der Waals surface area (Å²) in [5.74, 6) is 0.154. The smallest absolute Gasteiger partial charge is 0.290 e. The first kappa shape index (κ1) is 19.4. The van der Waals surface area contributed by atoms with Crippen molar-refractivity contribution in [3.63, 3.8) is 0 Å². The lowest BCUT2D eigenvalue weighted by atomic mass is 10.1. The Morgan fingerprint density at radius 2 is 2.19 bits per heavy atom. The van der Waals surface area contributed by atoms with Gasteiger partial charge in [-0.1, -0.05) is 15.9 Å². The molecule has 0 spiro atoms. The second-order valence-electron chi connectivity index (χ2n) is 6.60. The molecule has 2 aromatic rings. The second kappa shape index (κ2) is 7.70. The summed E-state index contributed by atoms with van der Waals surface area (Å²) in [4.78, 5) is 14.8. The van der Waals surface area contributed by atoms with E-state index in [2.05, 4.69) is 15.9 Å². The van der Waals surface area contributed by atoms with Crippen molar-refractivity contribution in [2.45, 2.75) is 25.8 Å². The number of hydrogen-bond acceptors (Lipinski definition) is 5. The van der Waals surface area contributed by atoms with Crippen LogP contribution in [0, 0.1) is 6.92 Å². The summed E-state index contributed by atoms with van der Waals surface area (Å²) in [5, 5.41) is 0.874. The normalized spacial score (nSPS) is 19.1. The van der Waals surface area contributed by atoms with E-state index < -0.39 is 9.84 Å². The molecule has 0 aliphatic carbocycles. The monoisotopic (exact) mass is 443 g/mol. The predicted octanol–water partition coefficient (Wildman–Crippen LogP) is 3.17. The molecule has 1 aliphatic rings. The van der Waals surface area contributed by atoms with E-state index in [-0.39, 0.29) is 29.2 Å². The standard InChI is InChI=1S/C18H22BrNO5S/c1-12-15-10-13(19)4-5-16(15)25-17(12)18(21)20(7-3-8-24-2)14-6-9-26(22,23)11-14/h4-5,10,14H,3,6-9,11H2,1-2H3. The van der Waals surface area contributed by atoms with Crippen molar-refractivity contribution in [3.8, 4) is 0 Å². The molecule has 1 unspecified atom stereocenters. The lowest BCUT2D eigenvalue weighted by molar-refractivity contribution is 0.0643. The maximum absolute atomic E-state index is 13.2. The Labute approximate surface area is 161 Å². The lowest BCUT2D eigenvalue weighted by Crippen LogP contribution is -2.42. The van der Waals surface area contributed by atoms with Crippen LogP contribution in [0.2, 0.25) is 0 Å². The molecule has 1 aromatic carbocycles. The maximum Gasteiger partial charge on any atom is 0.290 e. The van der Waals surface area contributed by atoms with Gasteiger partial charge in [-0.15, -0.1) is 0 Å². The van der Waals surface area contributed by atoms with E-state index in [1.165, 1.54) is 0 Å². The summed E-state index contributed by atoms with van der Waals surface area (Å²) < 4.78 is 35.6. The largest absolute Gasteiger partial charge is 0.451 e. The molecule has 142 valence electrons. The lowest BCUT2D eigenvalue weighted by Gasteiger charge is -2.27. The molecule has 1 aromatic heterocycles. The highest BCUT2D eigenvalue weighted by Crippen LogP contribution is 2.30. The van der Waals surface area contributed by atoms with E-state index in [1.54, 1.807) is 12.0 Å². The number of carbonyl (C=O) groups excluding carboxylic acids is 1. The van der Waals surface area contributed by atoms with Crippen molar-refractivity contribution < 1.29 is 22.4 Å². The summed E-state index contributed by atoms with van der Waals surface area (Å²) in [6, 6.07) is 5.28. The van der Waals surface area contributed by atoms with E-state index >= 15 is 0 Å². The van der Waals surface area contributed by atoms with Crippen molar-refractivity contribution >= 4 is 42.6 Å². The Hall–Kier alpha value is -1.38. The molecule has 1 atom stereocenters. The number of benzene rings is 1. The molecule has 0 radical (unpaired) electrons. The molecule has 2 heterocycles. The topological polar surface area (TPSA) is 76.8 Å². The van der Waals surface area contributed by atoms with Gasteiger partial charge in [0.15, 0.2) is 15.6 Å². The van der Waals surface area contributed by atoms with Gasteiger partial charge >= 0.3 is 0 Å². The van der Waals surface area contributed by atoms with Crippen LogP contribution < -0.4 is 0 Å². The number of ether oxygens (including phenoxy) is 1. The van der Waals surface area contributed by atoms with Gasteiger partial charge in [-0.2, -0.15) is 0 Å². The number of rotatable bonds is 6. The van der Waals surface area contributed by atoms with Gasteiger partial charge in [-0.25, -0.2) is 8.42 Å². The number of fused-ring (bicyclic) bond motifs is 1. The molecule has 6 nitrogen and oxygen atoms in total. The van der Waals surface area contributed by atoms with Crippen LogP contribution >= 0.6 is 15.9 Å². The van der Waals surface area contributed by atoms with E-state index in [0.717, 1.165) is 15.4 Å². The molecule has 0 saturated carbocycles. The fourth-order valence-corrected chi connectivity index (χ4v) is 5.47. The van der Waals surface area contributed by atoms with Crippen molar-refractivity contribution in [2.75, 3.05) is 31.8 Å². The number of amides is 1. The van der Waals surface area contributed by atoms with E-state index in [1.807, 2.05) is 25.1 Å². The molecule has 3 rings (SSSR count). The zero-order valence-corrected chi connectivity index (χ0v) is 17.2. The van der Waals surface area contributed by atoms with Gasteiger partial charge < -0.3 is 14.1 Å². The van der Waals surface area contributed by atoms with Gasteiger partial charge in [0.25, 0.3) is 5.91 Å². The summed E-state index contributed by atoms with van der Waals surface area (Å²) >= 11 is 3.43. The average molecular weight is 444 g/mol. The predicted molar refractivity (Wildman–Crippen MR) is 103 cm³/mol. The van der Waals surface area contributed by atoms with Crippen LogP contribution in [-0.2, 0) is 14.6 Å². The highest BCUT2D eigenvalue weighted by atomic mass is 79.9. The summed E-state index contributed by atoms with van der Waals surface area (Å²) in [7, 11) is -1.48. The van der Waals surface area contributed by atoms with Crippen molar-refractivity contribution in [1.29, 1.82) is 0 Å². The Morgan fingerprint density at radius 3 is 2.85 bits per heavy atom. The third kappa shape index (κ3) is 3.97. The number of nitrogens with zero attached hydrogens (tertiary/aromatic N) is 1. The van der Waals surface area contributed by atoms with Crippen molar-refractivity contribution in [1.82, 2.24) is 4.90 Å². The minimum absolute atomic E-state index is 0.0105. The summed E-state index contributed by atoms with van der Waals surface area (Å²) in [6.07, 6.45) is 1.11. The Kier molecular flexibility index (Phi) is 5.74. The fourth-order valence-electron chi connectivity index (χ4n) is 3.38. The minimum Gasteiger partial charge on any atom is -0.451 e. The summed E-state index contributed by atoms with van der Waals surface area (Å²) in [5.41, 5.74) is 1.41. The number of aryl methyl sites for hydroxylation is 1. The van der Waals surface area contributed by atoms with Crippen LogP contribution in [0.3, 0.4) is 0 Å². The van der Waals surface area contributed by atoms with Gasteiger partial charge in [-0.05, 0) is 38.0 Å². The zero-order chi connectivity index (χ0) is 18.9. The number of sulfone groups is 1. The number of methoxy groups -OCH3 is 1. The zero-order valence-electron chi connectivity index (χ0n) is 14.8. The highest BCUT2D eigenvalue weighted by molar-refractivity contribution is 9.10. The molecule has 8 heteroatoms. The first-order valence-electron chi connectivity index (χ1n) is 8.51. The third-order valence-corrected chi connectivity index (χ3v) is 6.99. The van der Waals surface area contributed by atoms with Gasteiger partial charge in [0.2, 0.25) is 0 Å². The van der Waals surface area contributed by atoms with Crippen LogP contribution in [0.25, 0.3) is 11.0 Å². The average Bonchev–Trinajstić information content (AvgIpc) is 3.11. The fraction of sp³-hybridized carbons (Fsp3) is 0.500. The van der Waals surface area contributed by atoms with Crippen LogP contribution in [0.1, 0.15) is 29.0 Å². The molecule has 1 fully saturated rings. The van der Waals surface area contributed by atoms with Gasteiger partial charge in [-0.3, -0.25) is 4.79 Å². The van der Waals surface area contributed by atoms with Gasteiger partial charge in [0.1, 0.15) is 5.58 Å². The second-order valence-corrected chi connectivity index (χ2v) is 9.74. The third-order valence-electron chi connectivity index (χ3n) is 4.75. The first-order chi connectivity index (χ1) is 12.3.